The summed E-state index contributed by atoms with van der Waals surface area (Å²) in [6.07, 6.45) is 3.29. The molecule has 1 aromatic carbocycles. The van der Waals surface area contributed by atoms with Crippen molar-refractivity contribution in [1.82, 2.24) is 4.90 Å². The highest BCUT2D eigenvalue weighted by Gasteiger charge is 2.28. The zero-order valence-corrected chi connectivity index (χ0v) is 15.9. The Kier molecular flexibility index (Phi) is 5.40. The number of anilines is 1. The van der Waals surface area contributed by atoms with Crippen LogP contribution in [-0.2, 0) is 0 Å². The van der Waals surface area contributed by atoms with Crippen molar-refractivity contribution in [2.45, 2.75) is 33.1 Å². The van der Waals surface area contributed by atoms with Crippen LogP contribution < -0.4 is 4.90 Å². The van der Waals surface area contributed by atoms with E-state index in [2.05, 4.69) is 23.6 Å². The van der Waals surface area contributed by atoms with Crippen molar-refractivity contribution in [3.63, 3.8) is 0 Å². The Hall–Kier alpha value is -1.52. The van der Waals surface area contributed by atoms with Gasteiger partial charge in [0, 0.05) is 43.4 Å². The molecule has 1 heterocycles. The molecule has 1 fully saturated rings. The van der Waals surface area contributed by atoms with Crippen molar-refractivity contribution < 1.29 is 9.90 Å². The molecule has 0 unspecified atom stereocenters. The summed E-state index contributed by atoms with van der Waals surface area (Å²) in [5, 5.41) is 10.1. The van der Waals surface area contributed by atoms with Crippen molar-refractivity contribution in [3.05, 3.63) is 40.4 Å². The Balaban J connectivity index is 1.56. The van der Waals surface area contributed by atoms with Crippen LogP contribution >= 0.6 is 11.6 Å². The zero-order valence-electron chi connectivity index (χ0n) is 15.1. The number of halogens is 1. The molecule has 2 aliphatic rings. The molecule has 0 bridgehead atoms. The van der Waals surface area contributed by atoms with Gasteiger partial charge in [-0.2, -0.15) is 0 Å². The van der Waals surface area contributed by atoms with E-state index in [9.17, 15) is 4.79 Å². The topological polar surface area (TPSA) is 43.8 Å². The van der Waals surface area contributed by atoms with E-state index in [1.54, 1.807) is 12.1 Å². The van der Waals surface area contributed by atoms with Gasteiger partial charge in [-0.1, -0.05) is 25.4 Å². The number of aromatic carboxylic acids is 1. The molecule has 0 amide bonds. The van der Waals surface area contributed by atoms with Crippen LogP contribution in [-0.4, -0.2) is 48.7 Å². The fraction of sp³-hybridized carbons (Fsp3) is 0.550. The molecule has 0 saturated carbocycles. The molecule has 1 aromatic rings. The minimum atomic E-state index is -0.878. The summed E-state index contributed by atoms with van der Waals surface area (Å²) in [6, 6.07) is 7.17. The van der Waals surface area contributed by atoms with E-state index < -0.39 is 5.97 Å². The largest absolute Gasteiger partial charge is 0.478 e. The lowest BCUT2D eigenvalue weighted by atomic mass is 9.77. The van der Waals surface area contributed by atoms with Crippen LogP contribution in [0.3, 0.4) is 0 Å². The first-order chi connectivity index (χ1) is 11.8. The number of hydrogen-bond acceptors (Lipinski definition) is 3. The van der Waals surface area contributed by atoms with Crippen molar-refractivity contribution >= 4 is 23.3 Å². The minimum Gasteiger partial charge on any atom is -0.478 e. The van der Waals surface area contributed by atoms with E-state index in [1.165, 1.54) is 12.0 Å². The van der Waals surface area contributed by atoms with Gasteiger partial charge in [-0.15, -0.1) is 0 Å². The molecule has 25 heavy (non-hydrogen) atoms. The number of carbonyl (C=O) groups is 1. The van der Waals surface area contributed by atoms with Crippen LogP contribution in [0.15, 0.2) is 34.9 Å². The Morgan fingerprint density at radius 1 is 1.16 bits per heavy atom. The Morgan fingerprint density at radius 3 is 2.40 bits per heavy atom. The standard InChI is InChI=1S/C20H27ClN2O2/c1-20(2)8-7-18(21)16(13-20)14-22-9-11-23(12-10-22)17-5-3-15(4-6-17)19(24)25/h3-6H,7-14H2,1-2H3,(H,24,25). The molecule has 1 saturated heterocycles. The molecule has 136 valence electrons. The van der Waals surface area contributed by atoms with E-state index in [-0.39, 0.29) is 0 Å². The average molecular weight is 363 g/mol. The number of hydrogen-bond donors (Lipinski definition) is 1. The number of allylic oxidation sites excluding steroid dienone is 1. The molecule has 0 spiro atoms. The number of carboxylic acid groups (broad SMARTS) is 1. The molecule has 3 rings (SSSR count). The molecule has 0 radical (unpaired) electrons. The number of benzene rings is 1. The quantitative estimate of drug-likeness (QED) is 0.871. The van der Waals surface area contributed by atoms with Gasteiger partial charge in [0.05, 0.1) is 5.56 Å². The van der Waals surface area contributed by atoms with Gasteiger partial charge in [0.1, 0.15) is 0 Å². The molecule has 1 aliphatic heterocycles. The summed E-state index contributed by atoms with van der Waals surface area (Å²) in [5.41, 5.74) is 3.21. The van der Waals surface area contributed by atoms with Crippen LogP contribution in [0.1, 0.15) is 43.5 Å². The minimum absolute atomic E-state index is 0.337. The highest BCUT2D eigenvalue weighted by atomic mass is 35.5. The smallest absolute Gasteiger partial charge is 0.335 e. The highest BCUT2D eigenvalue weighted by Crippen LogP contribution is 2.40. The molecule has 1 N–H and O–H groups in total. The maximum Gasteiger partial charge on any atom is 0.335 e. The summed E-state index contributed by atoms with van der Waals surface area (Å²) in [6.45, 7) is 9.57. The number of rotatable bonds is 4. The second-order valence-corrected chi connectivity index (χ2v) is 8.42. The Morgan fingerprint density at radius 2 is 1.80 bits per heavy atom. The molecule has 0 atom stereocenters. The second-order valence-electron chi connectivity index (χ2n) is 7.96. The average Bonchev–Trinajstić information content (AvgIpc) is 2.59. The summed E-state index contributed by atoms with van der Waals surface area (Å²) in [4.78, 5) is 15.8. The fourth-order valence-electron chi connectivity index (χ4n) is 3.78. The van der Waals surface area contributed by atoms with Crippen molar-refractivity contribution in [1.29, 1.82) is 0 Å². The fourth-order valence-corrected chi connectivity index (χ4v) is 4.00. The molecule has 4 nitrogen and oxygen atoms in total. The van der Waals surface area contributed by atoms with Gasteiger partial charge in [0.15, 0.2) is 0 Å². The SMILES string of the molecule is CC1(C)CCC(Cl)=C(CN2CCN(c3ccc(C(=O)O)cc3)CC2)C1. The van der Waals surface area contributed by atoms with Gasteiger partial charge >= 0.3 is 5.97 Å². The highest BCUT2D eigenvalue weighted by molar-refractivity contribution is 6.30. The van der Waals surface area contributed by atoms with E-state index in [0.29, 0.717) is 11.0 Å². The molecule has 5 heteroatoms. The van der Waals surface area contributed by atoms with Gasteiger partial charge < -0.3 is 10.0 Å². The van der Waals surface area contributed by atoms with Gasteiger partial charge in [0.25, 0.3) is 0 Å². The van der Waals surface area contributed by atoms with Crippen LogP contribution in [0.25, 0.3) is 0 Å². The van der Waals surface area contributed by atoms with Crippen molar-refractivity contribution in [3.8, 4) is 0 Å². The zero-order chi connectivity index (χ0) is 18.0. The summed E-state index contributed by atoms with van der Waals surface area (Å²) < 4.78 is 0. The Labute approximate surface area is 155 Å². The molecular formula is C20H27ClN2O2. The van der Waals surface area contributed by atoms with Gasteiger partial charge in [-0.3, -0.25) is 4.90 Å². The lowest BCUT2D eigenvalue weighted by Gasteiger charge is -2.38. The van der Waals surface area contributed by atoms with Crippen LogP contribution in [0.2, 0.25) is 0 Å². The van der Waals surface area contributed by atoms with Crippen LogP contribution in [0, 0.1) is 5.41 Å². The van der Waals surface area contributed by atoms with Gasteiger partial charge in [0.2, 0.25) is 0 Å². The van der Waals surface area contributed by atoms with Gasteiger partial charge in [-0.25, -0.2) is 4.79 Å². The van der Waals surface area contributed by atoms with E-state index in [1.807, 2.05) is 12.1 Å². The monoisotopic (exact) mass is 362 g/mol. The molecule has 1 aliphatic carbocycles. The first kappa shape index (κ1) is 18.3. The number of piperazine rings is 1. The number of nitrogens with zero attached hydrogens (tertiary/aromatic N) is 2. The van der Waals surface area contributed by atoms with E-state index in [4.69, 9.17) is 16.7 Å². The summed E-state index contributed by atoms with van der Waals surface area (Å²) >= 11 is 6.49. The van der Waals surface area contributed by atoms with Crippen LogP contribution in [0.4, 0.5) is 5.69 Å². The van der Waals surface area contributed by atoms with Crippen molar-refractivity contribution in [2.24, 2.45) is 5.41 Å². The van der Waals surface area contributed by atoms with Crippen molar-refractivity contribution in [2.75, 3.05) is 37.6 Å². The second kappa shape index (κ2) is 7.38. The predicted octanol–water partition coefficient (Wildman–Crippen LogP) is 4.21. The Bertz CT molecular complexity index is 659. The molecular weight excluding hydrogens is 336 g/mol. The lowest BCUT2D eigenvalue weighted by Crippen LogP contribution is -2.47. The number of carboxylic acids is 1. The third-order valence-electron chi connectivity index (χ3n) is 5.36. The van der Waals surface area contributed by atoms with Crippen LogP contribution in [0.5, 0.6) is 0 Å². The normalized spacial score (nSPS) is 21.5. The first-order valence-corrected chi connectivity index (χ1v) is 9.39. The van der Waals surface area contributed by atoms with Gasteiger partial charge in [-0.05, 0) is 54.5 Å². The van der Waals surface area contributed by atoms with E-state index in [0.717, 1.165) is 56.3 Å². The third kappa shape index (κ3) is 4.56. The third-order valence-corrected chi connectivity index (χ3v) is 5.82. The maximum atomic E-state index is 11.0. The summed E-state index contributed by atoms with van der Waals surface area (Å²) in [5.74, 6) is -0.878. The lowest BCUT2D eigenvalue weighted by molar-refractivity contribution is 0.0697. The molecule has 0 aromatic heterocycles. The first-order valence-electron chi connectivity index (χ1n) is 9.01. The van der Waals surface area contributed by atoms with E-state index >= 15 is 0 Å². The predicted molar refractivity (Wildman–Crippen MR) is 103 cm³/mol. The summed E-state index contributed by atoms with van der Waals surface area (Å²) in [7, 11) is 0. The maximum absolute atomic E-state index is 11.0.